The lowest BCUT2D eigenvalue weighted by Crippen LogP contribution is -2.38. The molecule has 0 spiro atoms. The fourth-order valence-corrected chi connectivity index (χ4v) is 5.25. The minimum atomic E-state index is -3.57. The van der Waals surface area contributed by atoms with E-state index < -0.39 is 10.0 Å². The average Bonchev–Trinajstić information content (AvgIpc) is 2.72. The number of carbonyl (C=O) groups is 2. The summed E-state index contributed by atoms with van der Waals surface area (Å²) in [6.07, 6.45) is 2.65. The summed E-state index contributed by atoms with van der Waals surface area (Å²) in [6.45, 7) is 4.27. The van der Waals surface area contributed by atoms with E-state index in [1.165, 1.54) is 23.4 Å². The summed E-state index contributed by atoms with van der Waals surface area (Å²) in [5, 5.41) is 5.55. The molecule has 1 fully saturated rings. The summed E-state index contributed by atoms with van der Waals surface area (Å²) in [5.74, 6) is 0.113. The fourth-order valence-electron chi connectivity index (χ4n) is 3.78. The standard InChI is InChI=1S/C23H29N3O4S/c1-17-4-3-5-21(16-17)25-23(28)11-6-19-12-14-26(15-13-19)31(29,30)22-9-7-20(8-10-22)24-18(2)27/h3-5,7-10,16,19H,6,11-15H2,1-2H3,(H,24,27)(H,25,28). The van der Waals surface area contributed by atoms with Gasteiger partial charge in [0, 0.05) is 37.8 Å². The molecule has 1 heterocycles. The van der Waals surface area contributed by atoms with Gasteiger partial charge >= 0.3 is 0 Å². The van der Waals surface area contributed by atoms with Crippen molar-refractivity contribution >= 4 is 33.2 Å². The quantitative estimate of drug-likeness (QED) is 0.681. The van der Waals surface area contributed by atoms with Gasteiger partial charge in [-0.3, -0.25) is 9.59 Å². The molecule has 2 aromatic carbocycles. The Kier molecular flexibility index (Phi) is 7.46. The Morgan fingerprint density at radius 2 is 1.68 bits per heavy atom. The monoisotopic (exact) mass is 443 g/mol. The molecule has 0 saturated carbocycles. The number of hydrogen-bond acceptors (Lipinski definition) is 4. The van der Waals surface area contributed by atoms with Gasteiger partial charge in [0.15, 0.2) is 0 Å². The predicted octanol–water partition coefficient (Wildman–Crippen LogP) is 3.77. The topological polar surface area (TPSA) is 95.6 Å². The van der Waals surface area contributed by atoms with Crippen LogP contribution < -0.4 is 10.6 Å². The smallest absolute Gasteiger partial charge is 0.243 e. The van der Waals surface area contributed by atoms with Crippen molar-refractivity contribution in [2.45, 2.75) is 44.4 Å². The highest BCUT2D eigenvalue weighted by molar-refractivity contribution is 7.89. The van der Waals surface area contributed by atoms with Gasteiger partial charge in [0.05, 0.1) is 4.90 Å². The first-order valence-electron chi connectivity index (χ1n) is 10.5. The second kappa shape index (κ2) is 10.1. The first kappa shape index (κ1) is 23.0. The van der Waals surface area contributed by atoms with Crippen LogP contribution in [0.2, 0.25) is 0 Å². The summed E-state index contributed by atoms with van der Waals surface area (Å²) >= 11 is 0. The molecule has 3 rings (SSSR count). The van der Waals surface area contributed by atoms with Crippen LogP contribution in [0.5, 0.6) is 0 Å². The second-order valence-electron chi connectivity index (χ2n) is 8.01. The van der Waals surface area contributed by atoms with Crippen LogP contribution in [0.3, 0.4) is 0 Å². The van der Waals surface area contributed by atoms with Crippen LogP contribution in [0, 0.1) is 12.8 Å². The van der Waals surface area contributed by atoms with Crippen LogP contribution in [0.15, 0.2) is 53.4 Å². The molecule has 0 bridgehead atoms. The van der Waals surface area contributed by atoms with E-state index in [1.807, 2.05) is 31.2 Å². The largest absolute Gasteiger partial charge is 0.326 e. The van der Waals surface area contributed by atoms with Crippen molar-refractivity contribution in [3.05, 3.63) is 54.1 Å². The maximum Gasteiger partial charge on any atom is 0.243 e. The first-order chi connectivity index (χ1) is 14.7. The van der Waals surface area contributed by atoms with E-state index in [9.17, 15) is 18.0 Å². The third-order valence-corrected chi connectivity index (χ3v) is 7.38. The number of piperidine rings is 1. The van der Waals surface area contributed by atoms with Gasteiger partial charge < -0.3 is 10.6 Å². The second-order valence-corrected chi connectivity index (χ2v) is 9.95. The minimum absolute atomic E-state index is 0.0140. The highest BCUT2D eigenvalue weighted by atomic mass is 32.2. The molecule has 0 atom stereocenters. The summed E-state index contributed by atoms with van der Waals surface area (Å²) in [5.41, 5.74) is 2.46. The van der Waals surface area contributed by atoms with Crippen LogP contribution in [0.1, 0.15) is 38.2 Å². The first-order valence-corrected chi connectivity index (χ1v) is 11.9. The van der Waals surface area contributed by atoms with Crippen LogP contribution in [0.4, 0.5) is 11.4 Å². The van der Waals surface area contributed by atoms with E-state index in [2.05, 4.69) is 10.6 Å². The molecule has 8 heteroatoms. The Bertz CT molecular complexity index is 1030. The van der Waals surface area contributed by atoms with Gasteiger partial charge in [-0.1, -0.05) is 12.1 Å². The number of benzene rings is 2. The van der Waals surface area contributed by atoms with Gasteiger partial charge in [-0.15, -0.1) is 0 Å². The third-order valence-electron chi connectivity index (χ3n) is 5.47. The SMILES string of the molecule is CC(=O)Nc1ccc(S(=O)(=O)N2CCC(CCC(=O)Nc3cccc(C)c3)CC2)cc1. The van der Waals surface area contributed by atoms with E-state index in [-0.39, 0.29) is 16.7 Å². The third kappa shape index (κ3) is 6.38. The molecule has 2 amide bonds. The van der Waals surface area contributed by atoms with E-state index >= 15 is 0 Å². The number of rotatable bonds is 7. The van der Waals surface area contributed by atoms with Crippen molar-refractivity contribution in [1.29, 1.82) is 0 Å². The molecule has 166 valence electrons. The minimum Gasteiger partial charge on any atom is -0.326 e. The lowest BCUT2D eigenvalue weighted by Gasteiger charge is -2.31. The Morgan fingerprint density at radius 3 is 2.29 bits per heavy atom. The molecule has 1 aliphatic rings. The highest BCUT2D eigenvalue weighted by Crippen LogP contribution is 2.27. The number of nitrogens with zero attached hydrogens (tertiary/aromatic N) is 1. The summed E-state index contributed by atoms with van der Waals surface area (Å²) < 4.78 is 27.3. The van der Waals surface area contributed by atoms with Crippen LogP contribution in [-0.2, 0) is 19.6 Å². The highest BCUT2D eigenvalue weighted by Gasteiger charge is 2.29. The average molecular weight is 444 g/mol. The Morgan fingerprint density at radius 1 is 1.00 bits per heavy atom. The number of aryl methyl sites for hydroxylation is 1. The van der Waals surface area contributed by atoms with Crippen molar-refractivity contribution in [3.8, 4) is 0 Å². The van der Waals surface area contributed by atoms with Gasteiger partial charge in [-0.05, 0) is 74.1 Å². The lowest BCUT2D eigenvalue weighted by atomic mass is 9.93. The van der Waals surface area contributed by atoms with Gasteiger partial charge in [0.1, 0.15) is 0 Å². The summed E-state index contributed by atoms with van der Waals surface area (Å²) in [4.78, 5) is 23.6. The molecule has 0 radical (unpaired) electrons. The number of nitrogens with one attached hydrogen (secondary N) is 2. The van der Waals surface area contributed by atoms with Crippen molar-refractivity contribution < 1.29 is 18.0 Å². The number of hydrogen-bond donors (Lipinski definition) is 2. The number of carbonyl (C=O) groups excluding carboxylic acids is 2. The fraction of sp³-hybridized carbons (Fsp3) is 0.391. The van der Waals surface area contributed by atoms with Gasteiger partial charge in [-0.2, -0.15) is 4.31 Å². The van der Waals surface area contributed by atoms with E-state index in [0.717, 1.165) is 30.5 Å². The molecule has 0 aliphatic carbocycles. The Balaban J connectivity index is 1.48. The lowest BCUT2D eigenvalue weighted by molar-refractivity contribution is -0.116. The molecular formula is C23H29N3O4S. The number of anilines is 2. The maximum absolute atomic E-state index is 12.9. The van der Waals surface area contributed by atoms with Gasteiger partial charge in [-0.25, -0.2) is 8.42 Å². The summed E-state index contributed by atoms with van der Waals surface area (Å²) in [6, 6.07) is 13.9. The van der Waals surface area contributed by atoms with Crippen LogP contribution in [-0.4, -0.2) is 37.6 Å². The van der Waals surface area contributed by atoms with Crippen LogP contribution in [0.25, 0.3) is 0 Å². The van der Waals surface area contributed by atoms with E-state index in [1.54, 1.807) is 12.1 Å². The zero-order valence-electron chi connectivity index (χ0n) is 17.9. The molecule has 7 nitrogen and oxygen atoms in total. The van der Waals surface area contributed by atoms with E-state index in [0.29, 0.717) is 31.1 Å². The van der Waals surface area contributed by atoms with Crippen LogP contribution >= 0.6 is 0 Å². The number of amides is 2. The normalized spacial score (nSPS) is 15.4. The van der Waals surface area contributed by atoms with Crippen molar-refractivity contribution in [2.24, 2.45) is 5.92 Å². The predicted molar refractivity (Wildman–Crippen MR) is 121 cm³/mol. The summed E-state index contributed by atoms with van der Waals surface area (Å²) in [7, 11) is -3.57. The number of sulfonamides is 1. The molecule has 0 unspecified atom stereocenters. The molecule has 2 N–H and O–H groups in total. The Hall–Kier alpha value is -2.71. The molecule has 1 saturated heterocycles. The zero-order chi connectivity index (χ0) is 22.4. The van der Waals surface area contributed by atoms with Crippen molar-refractivity contribution in [2.75, 3.05) is 23.7 Å². The van der Waals surface area contributed by atoms with E-state index in [4.69, 9.17) is 0 Å². The van der Waals surface area contributed by atoms with Crippen molar-refractivity contribution in [1.82, 2.24) is 4.31 Å². The zero-order valence-corrected chi connectivity index (χ0v) is 18.7. The van der Waals surface area contributed by atoms with Crippen molar-refractivity contribution in [3.63, 3.8) is 0 Å². The molecular weight excluding hydrogens is 414 g/mol. The molecule has 31 heavy (non-hydrogen) atoms. The Labute approximate surface area is 183 Å². The maximum atomic E-state index is 12.9. The molecule has 0 aromatic heterocycles. The van der Waals surface area contributed by atoms with Gasteiger partial charge in [0.25, 0.3) is 0 Å². The van der Waals surface area contributed by atoms with Gasteiger partial charge in [0.2, 0.25) is 21.8 Å². The molecule has 2 aromatic rings. The molecule has 1 aliphatic heterocycles.